The van der Waals surface area contributed by atoms with Crippen LogP contribution in [0.3, 0.4) is 0 Å². The Morgan fingerprint density at radius 2 is 2.10 bits per heavy atom. The van der Waals surface area contributed by atoms with Crippen molar-refractivity contribution in [3.05, 3.63) is 33.3 Å². The zero-order chi connectivity index (χ0) is 14.8. The molecule has 1 fully saturated rings. The molecule has 0 aliphatic carbocycles. The van der Waals surface area contributed by atoms with E-state index in [1.807, 2.05) is 0 Å². The normalized spacial score (nSPS) is 17.4. The minimum atomic E-state index is -1.15. The Labute approximate surface area is 119 Å². The molecule has 0 atom stereocenters. The molecule has 0 saturated carbocycles. The molecule has 2 N–H and O–H groups in total. The number of nitro groups is 1. The molecule has 108 valence electrons. The minimum Gasteiger partial charge on any atom is -0.480 e. The minimum absolute atomic E-state index is 0.117. The van der Waals surface area contributed by atoms with Crippen LogP contribution in [0.25, 0.3) is 0 Å². The third kappa shape index (κ3) is 2.83. The Balaban J connectivity index is 2.27. The summed E-state index contributed by atoms with van der Waals surface area (Å²) in [6.45, 7) is 0.674. The van der Waals surface area contributed by atoms with Crippen molar-refractivity contribution in [2.24, 2.45) is 0 Å². The van der Waals surface area contributed by atoms with Crippen molar-refractivity contribution in [3.63, 3.8) is 0 Å². The molecule has 0 bridgehead atoms. The molecule has 0 aromatic heterocycles. The van der Waals surface area contributed by atoms with E-state index in [1.54, 1.807) is 0 Å². The van der Waals surface area contributed by atoms with Crippen LogP contribution in [0, 0.1) is 10.1 Å². The van der Waals surface area contributed by atoms with Gasteiger partial charge in [-0.25, -0.2) is 4.79 Å². The van der Waals surface area contributed by atoms with Gasteiger partial charge >= 0.3 is 5.97 Å². The van der Waals surface area contributed by atoms with Gasteiger partial charge in [0, 0.05) is 38.2 Å². The number of carboxylic acid groups (broad SMARTS) is 1. The average molecular weight is 301 g/mol. The average Bonchev–Trinajstić information content (AvgIpc) is 2.41. The third-order valence-corrected chi connectivity index (χ3v) is 3.61. The number of rotatable bonds is 4. The molecule has 0 amide bonds. The van der Waals surface area contributed by atoms with Crippen molar-refractivity contribution in [3.8, 4) is 0 Å². The summed E-state index contributed by atoms with van der Waals surface area (Å²) >= 11 is 5.97. The third-order valence-electron chi connectivity index (χ3n) is 3.29. The second-order valence-electron chi connectivity index (χ2n) is 4.55. The summed E-state index contributed by atoms with van der Waals surface area (Å²) in [5.41, 5.74) is -0.934. The van der Waals surface area contributed by atoms with E-state index in [4.69, 9.17) is 16.3 Å². The highest BCUT2D eigenvalue weighted by Gasteiger charge is 2.40. The summed E-state index contributed by atoms with van der Waals surface area (Å²) in [5.74, 6) is -0.991. The number of aliphatic carboxylic acids is 1. The first-order valence-electron chi connectivity index (χ1n) is 5.98. The monoisotopic (exact) mass is 300 g/mol. The van der Waals surface area contributed by atoms with Gasteiger partial charge in [0.15, 0.2) is 0 Å². The Bertz CT molecular complexity index is 543. The number of ether oxygens (including phenoxy) is 1. The van der Waals surface area contributed by atoms with Crippen LogP contribution in [0.2, 0.25) is 5.02 Å². The fraction of sp³-hybridized carbons (Fsp3) is 0.417. The van der Waals surface area contributed by atoms with Crippen molar-refractivity contribution in [1.82, 2.24) is 0 Å². The molecule has 20 heavy (non-hydrogen) atoms. The summed E-state index contributed by atoms with van der Waals surface area (Å²) in [5, 5.41) is 23.1. The van der Waals surface area contributed by atoms with Crippen LogP contribution in [-0.2, 0) is 9.53 Å². The maximum Gasteiger partial charge on any atom is 0.329 e. The van der Waals surface area contributed by atoms with Crippen LogP contribution < -0.4 is 5.32 Å². The van der Waals surface area contributed by atoms with Crippen LogP contribution in [0.15, 0.2) is 18.2 Å². The zero-order valence-electron chi connectivity index (χ0n) is 10.5. The number of non-ortho nitro benzene ring substituents is 1. The van der Waals surface area contributed by atoms with E-state index in [1.165, 1.54) is 18.2 Å². The molecule has 1 aromatic rings. The lowest BCUT2D eigenvalue weighted by atomic mass is 9.90. The summed E-state index contributed by atoms with van der Waals surface area (Å²) in [4.78, 5) is 21.6. The van der Waals surface area contributed by atoms with E-state index in [2.05, 4.69) is 5.32 Å². The van der Waals surface area contributed by atoms with Gasteiger partial charge in [-0.1, -0.05) is 11.6 Å². The van der Waals surface area contributed by atoms with Gasteiger partial charge in [0.25, 0.3) is 5.69 Å². The van der Waals surface area contributed by atoms with Gasteiger partial charge in [-0.2, -0.15) is 0 Å². The van der Waals surface area contributed by atoms with E-state index in [0.717, 1.165) is 0 Å². The zero-order valence-corrected chi connectivity index (χ0v) is 11.2. The van der Waals surface area contributed by atoms with Crippen LogP contribution in [0.1, 0.15) is 12.8 Å². The van der Waals surface area contributed by atoms with Gasteiger partial charge in [-0.15, -0.1) is 0 Å². The lowest BCUT2D eigenvalue weighted by molar-refractivity contribution is -0.384. The molecule has 1 aliphatic heterocycles. The number of hydrogen-bond donors (Lipinski definition) is 2. The van der Waals surface area contributed by atoms with Crippen LogP contribution in [0.4, 0.5) is 11.4 Å². The van der Waals surface area contributed by atoms with E-state index in [9.17, 15) is 20.0 Å². The largest absolute Gasteiger partial charge is 0.480 e. The predicted octanol–water partition coefficient (Wildman–Crippen LogP) is 2.29. The van der Waals surface area contributed by atoms with E-state index < -0.39 is 16.4 Å². The van der Waals surface area contributed by atoms with E-state index in [-0.39, 0.29) is 10.7 Å². The number of nitro benzene ring substituents is 1. The number of nitrogens with zero attached hydrogens (tertiary/aromatic N) is 1. The molecule has 0 radical (unpaired) electrons. The summed E-state index contributed by atoms with van der Waals surface area (Å²) < 4.78 is 5.17. The molecule has 0 unspecified atom stereocenters. The molecule has 1 aliphatic rings. The smallest absolute Gasteiger partial charge is 0.329 e. The van der Waals surface area contributed by atoms with E-state index >= 15 is 0 Å². The fourth-order valence-corrected chi connectivity index (χ4v) is 2.31. The highest BCUT2D eigenvalue weighted by atomic mass is 35.5. The van der Waals surface area contributed by atoms with E-state index in [0.29, 0.717) is 31.7 Å². The highest BCUT2D eigenvalue weighted by Crippen LogP contribution is 2.32. The quantitative estimate of drug-likeness (QED) is 0.653. The molecule has 1 heterocycles. The van der Waals surface area contributed by atoms with Crippen LogP contribution >= 0.6 is 11.6 Å². The topological polar surface area (TPSA) is 102 Å². The summed E-state index contributed by atoms with van der Waals surface area (Å²) in [6, 6.07) is 3.89. The fourth-order valence-electron chi connectivity index (χ4n) is 2.09. The van der Waals surface area contributed by atoms with Gasteiger partial charge in [0.1, 0.15) is 5.54 Å². The number of carbonyl (C=O) groups is 1. The van der Waals surface area contributed by atoms with Crippen molar-refractivity contribution in [1.29, 1.82) is 0 Å². The maximum atomic E-state index is 11.5. The lowest BCUT2D eigenvalue weighted by Crippen LogP contribution is -2.50. The van der Waals surface area contributed by atoms with Crippen molar-refractivity contribution < 1.29 is 19.6 Å². The molecule has 2 rings (SSSR count). The molecule has 1 saturated heterocycles. The molecule has 1 aromatic carbocycles. The predicted molar refractivity (Wildman–Crippen MR) is 72.1 cm³/mol. The second-order valence-corrected chi connectivity index (χ2v) is 4.95. The lowest BCUT2D eigenvalue weighted by Gasteiger charge is -2.35. The standard InChI is InChI=1S/C12H13ClN2O5/c13-9-7-8(15(18)19)1-2-10(9)14-12(11(16)17)3-5-20-6-4-12/h1-2,7,14H,3-6H2,(H,16,17). The van der Waals surface area contributed by atoms with Gasteiger partial charge in [-0.3, -0.25) is 10.1 Å². The number of hydrogen-bond acceptors (Lipinski definition) is 5. The summed E-state index contributed by atoms with van der Waals surface area (Å²) in [7, 11) is 0. The second kappa shape index (κ2) is 5.64. The van der Waals surface area contributed by atoms with Crippen molar-refractivity contribution in [2.75, 3.05) is 18.5 Å². The number of benzene rings is 1. The number of carboxylic acids is 1. The highest BCUT2D eigenvalue weighted by molar-refractivity contribution is 6.33. The molecular formula is C12H13ClN2O5. The first-order valence-corrected chi connectivity index (χ1v) is 6.36. The first kappa shape index (κ1) is 14.5. The SMILES string of the molecule is O=C(O)C1(Nc2ccc([N+](=O)[O-])cc2Cl)CCOCC1. The molecular weight excluding hydrogens is 288 g/mol. The Hall–Kier alpha value is -1.86. The number of anilines is 1. The van der Waals surface area contributed by atoms with Crippen LogP contribution in [0.5, 0.6) is 0 Å². The Morgan fingerprint density at radius 3 is 2.60 bits per heavy atom. The van der Waals surface area contributed by atoms with Gasteiger partial charge in [-0.05, 0) is 6.07 Å². The van der Waals surface area contributed by atoms with Gasteiger partial charge in [0.2, 0.25) is 0 Å². The van der Waals surface area contributed by atoms with Crippen molar-refractivity contribution in [2.45, 2.75) is 18.4 Å². The maximum absolute atomic E-state index is 11.5. The van der Waals surface area contributed by atoms with Gasteiger partial charge < -0.3 is 15.2 Å². The molecule has 8 heteroatoms. The van der Waals surface area contributed by atoms with Gasteiger partial charge in [0.05, 0.1) is 15.6 Å². The number of halogens is 1. The Morgan fingerprint density at radius 1 is 1.45 bits per heavy atom. The van der Waals surface area contributed by atoms with Crippen LogP contribution in [-0.4, -0.2) is 34.8 Å². The first-order chi connectivity index (χ1) is 9.44. The molecule has 7 nitrogen and oxygen atoms in total. The molecule has 0 spiro atoms. The Kier molecular flexibility index (Phi) is 4.10. The summed E-state index contributed by atoms with van der Waals surface area (Å²) in [6.07, 6.45) is 0.602. The number of nitrogens with one attached hydrogen (secondary N) is 1. The van der Waals surface area contributed by atoms with Crippen molar-refractivity contribution >= 4 is 28.9 Å².